The van der Waals surface area contributed by atoms with E-state index in [1.807, 2.05) is 80.6 Å². The molecule has 0 aliphatic heterocycles. The fourth-order valence-corrected chi connectivity index (χ4v) is 3.80. The third-order valence-corrected chi connectivity index (χ3v) is 5.11. The van der Waals surface area contributed by atoms with E-state index in [4.69, 9.17) is 14.5 Å². The predicted octanol–water partition coefficient (Wildman–Crippen LogP) is 5.19. The molecule has 1 aromatic heterocycles. The first kappa shape index (κ1) is 20.4. The second kappa shape index (κ2) is 8.48. The summed E-state index contributed by atoms with van der Waals surface area (Å²) in [7, 11) is 3.21. The first-order valence-corrected chi connectivity index (χ1v) is 10.0. The Kier molecular flexibility index (Phi) is 5.58. The van der Waals surface area contributed by atoms with E-state index in [0.717, 1.165) is 22.4 Å². The number of fused-ring (bicyclic) bond motifs is 1. The van der Waals surface area contributed by atoms with E-state index in [0.29, 0.717) is 28.2 Å². The zero-order valence-corrected chi connectivity index (χ0v) is 18.0. The number of hydrogen-bond donors (Lipinski definition) is 0. The van der Waals surface area contributed by atoms with E-state index in [1.165, 1.54) is 0 Å². The second-order valence-corrected chi connectivity index (χ2v) is 7.39. The fraction of sp³-hybridized carbons (Fsp3) is 0.154. The highest BCUT2D eigenvalue weighted by Gasteiger charge is 2.13. The molecule has 0 amide bonds. The van der Waals surface area contributed by atoms with Gasteiger partial charge >= 0.3 is 0 Å². The molecule has 31 heavy (non-hydrogen) atoms. The van der Waals surface area contributed by atoms with Crippen molar-refractivity contribution in [3.63, 3.8) is 0 Å². The summed E-state index contributed by atoms with van der Waals surface area (Å²) in [5.74, 6) is 1.81. The van der Waals surface area contributed by atoms with Gasteiger partial charge in [-0.3, -0.25) is 9.36 Å². The number of aromatic nitrogens is 2. The number of nitrogens with zero attached hydrogens (tertiary/aromatic N) is 2. The highest BCUT2D eigenvalue weighted by atomic mass is 16.5. The van der Waals surface area contributed by atoms with Gasteiger partial charge in [0.25, 0.3) is 5.56 Å². The number of rotatable bonds is 5. The Morgan fingerprint density at radius 3 is 2.32 bits per heavy atom. The Balaban J connectivity index is 1.96. The van der Waals surface area contributed by atoms with Gasteiger partial charge in [0.15, 0.2) is 11.5 Å². The Morgan fingerprint density at radius 2 is 1.61 bits per heavy atom. The number of hydrogen-bond acceptors (Lipinski definition) is 4. The maximum absolute atomic E-state index is 13.5. The first-order valence-electron chi connectivity index (χ1n) is 10.0. The molecule has 3 aromatic carbocycles. The minimum Gasteiger partial charge on any atom is -0.493 e. The van der Waals surface area contributed by atoms with Crippen LogP contribution in [0.15, 0.2) is 65.5 Å². The summed E-state index contributed by atoms with van der Waals surface area (Å²) >= 11 is 0. The highest BCUT2D eigenvalue weighted by molar-refractivity contribution is 5.80. The molecule has 0 N–H and O–H groups in total. The summed E-state index contributed by atoms with van der Waals surface area (Å²) < 4.78 is 12.6. The monoisotopic (exact) mass is 412 g/mol. The third kappa shape index (κ3) is 3.94. The van der Waals surface area contributed by atoms with Gasteiger partial charge in [0, 0.05) is 5.56 Å². The minimum atomic E-state index is -0.104. The molecule has 0 aliphatic rings. The zero-order chi connectivity index (χ0) is 22.0. The molecule has 0 aliphatic carbocycles. The van der Waals surface area contributed by atoms with Crippen molar-refractivity contribution in [1.29, 1.82) is 0 Å². The molecule has 0 fully saturated rings. The van der Waals surface area contributed by atoms with Crippen LogP contribution in [0.2, 0.25) is 0 Å². The SMILES string of the molecule is COc1cccc(/C=C/c2nc3ccccc3c(=O)n2-c2cc(C)cc(C)c2)c1OC. The van der Waals surface area contributed by atoms with Crippen LogP contribution >= 0.6 is 0 Å². The molecule has 4 aromatic rings. The average molecular weight is 412 g/mol. The van der Waals surface area contributed by atoms with Gasteiger partial charge in [-0.2, -0.15) is 0 Å². The maximum atomic E-state index is 13.5. The van der Waals surface area contributed by atoms with Gasteiger partial charge in [-0.15, -0.1) is 0 Å². The van der Waals surface area contributed by atoms with E-state index in [9.17, 15) is 4.79 Å². The smallest absolute Gasteiger partial charge is 0.266 e. The van der Waals surface area contributed by atoms with Crippen molar-refractivity contribution < 1.29 is 9.47 Å². The summed E-state index contributed by atoms with van der Waals surface area (Å²) in [5.41, 5.74) is 4.34. The molecule has 0 bridgehead atoms. The van der Waals surface area contributed by atoms with Crippen LogP contribution in [0.3, 0.4) is 0 Å². The van der Waals surface area contributed by atoms with Crippen LogP contribution in [0.5, 0.6) is 11.5 Å². The highest BCUT2D eigenvalue weighted by Crippen LogP contribution is 2.32. The standard InChI is InChI=1S/C26H24N2O3/c1-17-14-18(2)16-20(15-17)28-24(27-22-10-6-5-9-21(22)26(28)29)13-12-19-8-7-11-23(30-3)25(19)31-4/h5-16H,1-4H3/b13-12+. The van der Waals surface area contributed by atoms with Gasteiger partial charge in [0.1, 0.15) is 5.82 Å². The normalized spacial score (nSPS) is 11.2. The number of para-hydroxylation sites is 2. The van der Waals surface area contributed by atoms with Gasteiger partial charge in [-0.1, -0.05) is 30.3 Å². The summed E-state index contributed by atoms with van der Waals surface area (Å²) in [6.45, 7) is 4.04. The second-order valence-electron chi connectivity index (χ2n) is 7.39. The molecular weight excluding hydrogens is 388 g/mol. The lowest BCUT2D eigenvalue weighted by Gasteiger charge is -2.13. The lowest BCUT2D eigenvalue weighted by molar-refractivity contribution is 0.354. The quantitative estimate of drug-likeness (QED) is 0.453. The minimum absolute atomic E-state index is 0.104. The van der Waals surface area contributed by atoms with Crippen molar-refractivity contribution >= 4 is 23.1 Å². The molecule has 0 saturated heterocycles. The summed E-state index contributed by atoms with van der Waals surface area (Å²) in [6.07, 6.45) is 3.72. The van der Waals surface area contributed by atoms with Crippen LogP contribution < -0.4 is 15.0 Å². The topological polar surface area (TPSA) is 53.3 Å². The van der Waals surface area contributed by atoms with Gasteiger partial charge < -0.3 is 9.47 Å². The molecule has 0 unspecified atom stereocenters. The summed E-state index contributed by atoms with van der Waals surface area (Å²) in [5, 5.41) is 0.581. The van der Waals surface area contributed by atoms with Gasteiger partial charge in [0.2, 0.25) is 0 Å². The van der Waals surface area contributed by atoms with E-state index in [1.54, 1.807) is 18.8 Å². The van der Waals surface area contributed by atoms with E-state index in [2.05, 4.69) is 6.07 Å². The largest absolute Gasteiger partial charge is 0.493 e. The molecule has 5 heteroatoms. The van der Waals surface area contributed by atoms with Crippen molar-refractivity contribution in [3.8, 4) is 17.2 Å². The number of benzene rings is 3. The molecule has 1 heterocycles. The van der Waals surface area contributed by atoms with Crippen molar-refractivity contribution in [3.05, 3.63) is 93.5 Å². The van der Waals surface area contributed by atoms with E-state index >= 15 is 0 Å². The Hall–Kier alpha value is -3.86. The van der Waals surface area contributed by atoms with Crippen LogP contribution in [-0.2, 0) is 0 Å². The molecule has 5 nitrogen and oxygen atoms in total. The molecule has 0 saturated carbocycles. The lowest BCUT2D eigenvalue weighted by Crippen LogP contribution is -2.22. The molecule has 0 spiro atoms. The van der Waals surface area contributed by atoms with Crippen molar-refractivity contribution in [2.75, 3.05) is 14.2 Å². The van der Waals surface area contributed by atoms with Crippen molar-refractivity contribution in [2.24, 2.45) is 0 Å². The Labute approximate surface area is 181 Å². The number of methoxy groups -OCH3 is 2. The van der Waals surface area contributed by atoms with Gasteiger partial charge in [-0.25, -0.2) is 4.98 Å². The Morgan fingerprint density at radius 1 is 0.871 bits per heavy atom. The molecule has 4 rings (SSSR count). The maximum Gasteiger partial charge on any atom is 0.266 e. The van der Waals surface area contributed by atoms with Gasteiger partial charge in [0.05, 0.1) is 30.8 Å². The summed E-state index contributed by atoms with van der Waals surface area (Å²) in [6, 6.07) is 19.1. The van der Waals surface area contributed by atoms with Crippen LogP contribution in [0.25, 0.3) is 28.7 Å². The van der Waals surface area contributed by atoms with Crippen LogP contribution in [0.4, 0.5) is 0 Å². The van der Waals surface area contributed by atoms with Crippen molar-refractivity contribution in [2.45, 2.75) is 13.8 Å². The number of aryl methyl sites for hydroxylation is 2. The van der Waals surface area contributed by atoms with E-state index in [-0.39, 0.29) is 5.56 Å². The zero-order valence-electron chi connectivity index (χ0n) is 18.0. The third-order valence-electron chi connectivity index (χ3n) is 5.11. The Bertz CT molecular complexity index is 1330. The van der Waals surface area contributed by atoms with Crippen LogP contribution in [0.1, 0.15) is 22.5 Å². The van der Waals surface area contributed by atoms with Crippen LogP contribution in [-0.4, -0.2) is 23.8 Å². The molecule has 156 valence electrons. The fourth-order valence-electron chi connectivity index (χ4n) is 3.80. The van der Waals surface area contributed by atoms with Crippen molar-refractivity contribution in [1.82, 2.24) is 9.55 Å². The average Bonchev–Trinajstić information content (AvgIpc) is 2.76. The molecular formula is C26H24N2O3. The first-order chi connectivity index (χ1) is 15.0. The van der Waals surface area contributed by atoms with Gasteiger partial charge in [-0.05, 0) is 67.5 Å². The lowest BCUT2D eigenvalue weighted by atomic mass is 10.1. The number of ether oxygens (including phenoxy) is 2. The molecule has 0 atom stereocenters. The summed E-state index contributed by atoms with van der Waals surface area (Å²) in [4.78, 5) is 18.2. The van der Waals surface area contributed by atoms with E-state index < -0.39 is 0 Å². The predicted molar refractivity (Wildman–Crippen MR) is 125 cm³/mol. The van der Waals surface area contributed by atoms with Crippen LogP contribution in [0, 0.1) is 13.8 Å². The molecule has 0 radical (unpaired) electrons.